The molecule has 12 heteroatoms. The molecule has 1 heterocycles. The Labute approximate surface area is 292 Å². The van der Waals surface area contributed by atoms with Gasteiger partial charge in [0, 0.05) is 27.9 Å². The minimum absolute atomic E-state index is 0.0101. The molecule has 0 spiro atoms. The van der Waals surface area contributed by atoms with Crippen molar-refractivity contribution in [2.45, 2.75) is 108 Å². The van der Waals surface area contributed by atoms with Crippen LogP contribution in [0.4, 0.5) is 4.79 Å². The number of Topliss-reactive ketones (excluding diaryl/α,β-unsaturated/α-hetero) is 1. The van der Waals surface area contributed by atoms with Gasteiger partial charge in [-0.3, -0.25) is 23.9 Å². The van der Waals surface area contributed by atoms with Crippen LogP contribution in [0.1, 0.15) is 90.9 Å². The molecule has 4 amide bonds. The Morgan fingerprint density at radius 1 is 1.06 bits per heavy atom. The van der Waals surface area contributed by atoms with Crippen LogP contribution in [0, 0.1) is 11.8 Å². The highest BCUT2D eigenvalue weighted by molar-refractivity contribution is 7.99. The summed E-state index contributed by atoms with van der Waals surface area (Å²) in [5, 5.41) is 8.11. The number of ether oxygens (including phenoxy) is 1. The number of rotatable bonds is 15. The molecule has 4 N–H and O–H groups in total. The van der Waals surface area contributed by atoms with Crippen LogP contribution < -0.4 is 20.7 Å². The average molecular weight is 699 g/mol. The van der Waals surface area contributed by atoms with Crippen molar-refractivity contribution in [2.24, 2.45) is 11.8 Å². The van der Waals surface area contributed by atoms with Crippen molar-refractivity contribution in [3.8, 4) is 0 Å². The zero-order chi connectivity index (χ0) is 35.2. The van der Waals surface area contributed by atoms with E-state index in [-0.39, 0.29) is 24.3 Å². The largest absolute Gasteiger partial charge is 0.440 e. The number of hydrogen-bond donors (Lipinski definition) is 4. The van der Waals surface area contributed by atoms with Crippen LogP contribution in [-0.4, -0.2) is 52.5 Å². The van der Waals surface area contributed by atoms with E-state index in [1.54, 1.807) is 6.07 Å². The van der Waals surface area contributed by atoms with Crippen molar-refractivity contribution in [3.05, 3.63) is 70.7 Å². The number of hydrogen-bond acceptors (Lipinski definition) is 7. The Kier molecular flexibility index (Phi) is 12.2. The van der Waals surface area contributed by atoms with E-state index in [0.29, 0.717) is 17.9 Å². The first-order valence-corrected chi connectivity index (χ1v) is 17.7. The summed E-state index contributed by atoms with van der Waals surface area (Å²) in [6.07, 6.45) is 0.956. The normalized spacial score (nSPS) is 19.1. The molecule has 2 fully saturated rings. The van der Waals surface area contributed by atoms with E-state index in [9.17, 15) is 24.0 Å². The van der Waals surface area contributed by atoms with Crippen molar-refractivity contribution in [3.63, 3.8) is 0 Å². The third-order valence-electron chi connectivity index (χ3n) is 8.69. The van der Waals surface area contributed by atoms with E-state index in [4.69, 9.17) is 16.3 Å². The first-order chi connectivity index (χ1) is 22.6. The molecule has 260 valence electrons. The van der Waals surface area contributed by atoms with E-state index in [1.165, 1.54) is 0 Å². The van der Waals surface area contributed by atoms with E-state index in [2.05, 4.69) is 20.7 Å². The second-order valence-electron chi connectivity index (χ2n) is 14.4. The summed E-state index contributed by atoms with van der Waals surface area (Å²) in [7, 11) is 0. The molecule has 3 unspecified atom stereocenters. The molecule has 48 heavy (non-hydrogen) atoms. The minimum Gasteiger partial charge on any atom is -0.440 e. The SMILES string of the molecule is CC(C)C[C@H](SNC(=O)OC(c1ccccc1)C(C)(C)c1cccc(Cl)c1)C(=O)NC(CC1CC(C)(C)NC1=O)C(=O)C(=O)NC1CC1. The van der Waals surface area contributed by atoms with Gasteiger partial charge in [0.2, 0.25) is 17.6 Å². The fourth-order valence-electron chi connectivity index (χ4n) is 6.00. The number of carbonyl (C=O) groups is 5. The first-order valence-electron chi connectivity index (χ1n) is 16.5. The van der Waals surface area contributed by atoms with Crippen molar-refractivity contribution < 1.29 is 28.7 Å². The molecule has 1 aliphatic heterocycles. The van der Waals surface area contributed by atoms with E-state index < -0.39 is 58.0 Å². The highest BCUT2D eigenvalue weighted by Gasteiger charge is 2.42. The molecule has 1 saturated carbocycles. The molecule has 2 aliphatic rings. The summed E-state index contributed by atoms with van der Waals surface area (Å²) >= 11 is 7.19. The molecular formula is C36H47ClN4O6S. The summed E-state index contributed by atoms with van der Waals surface area (Å²) in [4.78, 5) is 65.9. The highest BCUT2D eigenvalue weighted by atomic mass is 35.5. The molecule has 4 atom stereocenters. The molecule has 2 aromatic carbocycles. The van der Waals surface area contributed by atoms with Crippen LogP contribution >= 0.6 is 23.5 Å². The molecule has 1 aliphatic carbocycles. The maximum atomic E-state index is 13.7. The lowest BCUT2D eigenvalue weighted by Gasteiger charge is -2.35. The van der Waals surface area contributed by atoms with Gasteiger partial charge in [-0.05, 0) is 87.1 Å². The lowest BCUT2D eigenvalue weighted by molar-refractivity contribution is -0.140. The van der Waals surface area contributed by atoms with Gasteiger partial charge >= 0.3 is 6.09 Å². The number of amides is 4. The number of ketones is 1. The maximum absolute atomic E-state index is 13.7. The van der Waals surface area contributed by atoms with Crippen molar-refractivity contribution in [2.75, 3.05) is 0 Å². The monoisotopic (exact) mass is 698 g/mol. The minimum atomic E-state index is -1.20. The zero-order valence-electron chi connectivity index (χ0n) is 28.4. The van der Waals surface area contributed by atoms with Crippen molar-refractivity contribution >= 4 is 53.1 Å². The van der Waals surface area contributed by atoms with Crippen LogP contribution in [0.25, 0.3) is 0 Å². The van der Waals surface area contributed by atoms with Gasteiger partial charge in [-0.1, -0.05) is 81.8 Å². The number of halogens is 1. The summed E-state index contributed by atoms with van der Waals surface area (Å²) in [5.41, 5.74) is 0.513. The zero-order valence-corrected chi connectivity index (χ0v) is 30.0. The Balaban J connectivity index is 1.48. The first kappa shape index (κ1) is 37.3. The molecule has 10 nitrogen and oxygen atoms in total. The van der Waals surface area contributed by atoms with Crippen LogP contribution in [0.2, 0.25) is 5.02 Å². The lowest BCUT2D eigenvalue weighted by atomic mass is 9.76. The predicted octanol–water partition coefficient (Wildman–Crippen LogP) is 5.79. The Morgan fingerprint density at radius 3 is 2.33 bits per heavy atom. The van der Waals surface area contributed by atoms with E-state index in [0.717, 1.165) is 35.9 Å². The predicted molar refractivity (Wildman–Crippen MR) is 187 cm³/mol. The number of benzene rings is 2. The van der Waals surface area contributed by atoms with Crippen LogP contribution in [0.5, 0.6) is 0 Å². The molecule has 2 aromatic rings. The standard InChI is InChI=1S/C36H47ClN4O6S/c1-21(2)17-28(32(44)39-27(29(42)33(45)38-26-15-16-26)18-23-20-35(3,4)40-31(23)43)48-41-34(46)47-30(22-11-8-7-9-12-22)36(5,6)24-13-10-14-25(37)19-24/h7-14,19,21,23,26-28,30H,15-18,20H2,1-6H3,(H,38,45)(H,39,44)(H,40,43)(H,41,46)/t23?,27?,28-,30?/m0/s1. The Hall–Kier alpha value is -3.57. The second kappa shape index (κ2) is 15.8. The van der Waals surface area contributed by atoms with Gasteiger partial charge < -0.3 is 20.7 Å². The smallest absolute Gasteiger partial charge is 0.417 e. The quantitative estimate of drug-likeness (QED) is 0.136. The third-order valence-corrected chi connectivity index (χ3v) is 9.90. The molecule has 0 radical (unpaired) electrons. The summed E-state index contributed by atoms with van der Waals surface area (Å²) in [6.45, 7) is 11.6. The van der Waals surface area contributed by atoms with Crippen molar-refractivity contribution in [1.29, 1.82) is 0 Å². The average Bonchev–Trinajstić information content (AvgIpc) is 3.79. The fourth-order valence-corrected chi connectivity index (χ4v) is 7.13. The van der Waals surface area contributed by atoms with Crippen LogP contribution in [0.15, 0.2) is 54.6 Å². The van der Waals surface area contributed by atoms with Crippen LogP contribution in [-0.2, 0) is 29.3 Å². The molecule has 1 saturated heterocycles. The third kappa shape index (κ3) is 10.2. The van der Waals surface area contributed by atoms with Gasteiger partial charge in [-0.15, -0.1) is 0 Å². The van der Waals surface area contributed by atoms with Crippen LogP contribution in [0.3, 0.4) is 0 Å². The second-order valence-corrected chi connectivity index (χ2v) is 15.9. The number of nitrogens with one attached hydrogen (secondary N) is 4. The van der Waals surface area contributed by atoms with Gasteiger partial charge in [0.05, 0.1) is 6.04 Å². The Bertz CT molecular complexity index is 1500. The lowest BCUT2D eigenvalue weighted by Crippen LogP contribution is -2.51. The van der Waals surface area contributed by atoms with Gasteiger partial charge in [-0.25, -0.2) is 4.79 Å². The van der Waals surface area contributed by atoms with Gasteiger partial charge in [-0.2, -0.15) is 0 Å². The fraction of sp³-hybridized carbons (Fsp3) is 0.528. The maximum Gasteiger partial charge on any atom is 0.417 e. The number of carbonyl (C=O) groups excluding carboxylic acids is 5. The molecule has 0 bridgehead atoms. The summed E-state index contributed by atoms with van der Waals surface area (Å²) in [6, 6.07) is 15.5. The van der Waals surface area contributed by atoms with E-state index >= 15 is 0 Å². The van der Waals surface area contributed by atoms with Gasteiger partial charge in [0.1, 0.15) is 11.4 Å². The topological polar surface area (TPSA) is 143 Å². The Morgan fingerprint density at radius 2 is 1.75 bits per heavy atom. The van der Waals surface area contributed by atoms with Crippen molar-refractivity contribution in [1.82, 2.24) is 20.7 Å². The molecular weight excluding hydrogens is 652 g/mol. The summed E-state index contributed by atoms with van der Waals surface area (Å²) in [5.74, 6) is -2.81. The molecule has 4 rings (SSSR count). The van der Waals surface area contributed by atoms with Gasteiger partial charge in [0.15, 0.2) is 0 Å². The van der Waals surface area contributed by atoms with E-state index in [1.807, 2.05) is 90.1 Å². The molecule has 0 aromatic heterocycles. The highest BCUT2D eigenvalue weighted by Crippen LogP contribution is 2.40. The summed E-state index contributed by atoms with van der Waals surface area (Å²) < 4.78 is 8.74. The van der Waals surface area contributed by atoms with Gasteiger partial charge in [0.25, 0.3) is 5.91 Å².